The predicted molar refractivity (Wildman–Crippen MR) is 78.1 cm³/mol. The van der Waals surface area contributed by atoms with Gasteiger partial charge < -0.3 is 9.64 Å². The molecule has 2 saturated heterocycles. The smallest absolute Gasteiger partial charge is 0.228 e. The van der Waals surface area contributed by atoms with E-state index in [1.54, 1.807) is 6.20 Å². The monoisotopic (exact) mass is 290 g/mol. The van der Waals surface area contributed by atoms with Crippen LogP contribution in [0, 0.1) is 5.92 Å². The number of hydrogen-bond donors (Lipinski definition) is 2. The number of carbonyl (C=O) groups excluding carboxylic acids is 1. The minimum atomic E-state index is 0.0796. The summed E-state index contributed by atoms with van der Waals surface area (Å²) in [6.07, 6.45) is 3.83. The highest BCUT2D eigenvalue weighted by Gasteiger charge is 2.30. The van der Waals surface area contributed by atoms with Gasteiger partial charge in [0.1, 0.15) is 0 Å². The Morgan fingerprint density at radius 2 is 2.05 bits per heavy atom. The van der Waals surface area contributed by atoms with E-state index in [1.165, 1.54) is 0 Å². The normalized spacial score (nSPS) is 20.9. The summed E-state index contributed by atoms with van der Waals surface area (Å²) >= 11 is 0. The second-order valence-corrected chi connectivity index (χ2v) is 5.62. The van der Waals surface area contributed by atoms with Crippen molar-refractivity contribution in [2.75, 3.05) is 26.2 Å². The lowest BCUT2D eigenvalue weighted by Gasteiger charge is -2.33. The maximum absolute atomic E-state index is 12.3. The molecule has 2 fully saturated rings. The average molecular weight is 290 g/mol. The predicted octanol–water partition coefficient (Wildman–Crippen LogP) is 0.313. The number of aromatic nitrogens is 1. The number of nitrogens with one attached hydrogen (secondary N) is 2. The van der Waals surface area contributed by atoms with E-state index >= 15 is 0 Å². The molecule has 0 unspecified atom stereocenters. The molecule has 0 radical (unpaired) electrons. The van der Waals surface area contributed by atoms with Crippen molar-refractivity contribution in [3.63, 3.8) is 0 Å². The number of piperidine rings is 1. The molecule has 0 spiro atoms. The Hall–Kier alpha value is -1.50. The zero-order chi connectivity index (χ0) is 14.5. The standard InChI is InChI=1S/C15H22N4O2/c20-15(12-9-17-18-10-12)19-7-4-14(5-8-19)21-11-13-3-1-2-6-16-13/h1-3,6,12,14,17-18H,4-5,7-11H2. The van der Waals surface area contributed by atoms with E-state index in [1.807, 2.05) is 23.1 Å². The third kappa shape index (κ3) is 3.78. The lowest BCUT2D eigenvalue weighted by atomic mass is 10.0. The van der Waals surface area contributed by atoms with E-state index in [-0.39, 0.29) is 17.9 Å². The van der Waals surface area contributed by atoms with Gasteiger partial charge in [-0.3, -0.25) is 20.6 Å². The number of likely N-dealkylation sites (tertiary alicyclic amines) is 1. The fourth-order valence-electron chi connectivity index (χ4n) is 2.83. The molecule has 3 heterocycles. The maximum atomic E-state index is 12.3. The van der Waals surface area contributed by atoms with E-state index in [0.29, 0.717) is 6.61 Å². The summed E-state index contributed by atoms with van der Waals surface area (Å²) in [6, 6.07) is 5.84. The van der Waals surface area contributed by atoms with Crippen molar-refractivity contribution in [1.29, 1.82) is 0 Å². The Bertz CT molecular complexity index is 454. The molecule has 6 nitrogen and oxygen atoms in total. The van der Waals surface area contributed by atoms with Gasteiger partial charge >= 0.3 is 0 Å². The molecule has 0 saturated carbocycles. The molecule has 1 amide bonds. The number of hydrogen-bond acceptors (Lipinski definition) is 5. The van der Waals surface area contributed by atoms with Crippen LogP contribution in [-0.4, -0.2) is 48.1 Å². The van der Waals surface area contributed by atoms with Gasteiger partial charge in [0.15, 0.2) is 0 Å². The summed E-state index contributed by atoms with van der Waals surface area (Å²) in [4.78, 5) is 18.5. The highest BCUT2D eigenvalue weighted by atomic mass is 16.5. The number of ether oxygens (including phenoxy) is 1. The number of rotatable bonds is 4. The molecule has 3 rings (SSSR count). The van der Waals surface area contributed by atoms with Crippen molar-refractivity contribution in [1.82, 2.24) is 20.7 Å². The summed E-state index contributed by atoms with van der Waals surface area (Å²) in [5, 5.41) is 0. The fraction of sp³-hybridized carbons (Fsp3) is 0.600. The van der Waals surface area contributed by atoms with Crippen LogP contribution >= 0.6 is 0 Å². The Kier molecular flexibility index (Phi) is 4.80. The molecular formula is C15H22N4O2. The lowest BCUT2D eigenvalue weighted by Crippen LogP contribution is -2.44. The van der Waals surface area contributed by atoms with Crippen LogP contribution < -0.4 is 10.9 Å². The van der Waals surface area contributed by atoms with Gasteiger partial charge in [-0.1, -0.05) is 6.07 Å². The molecule has 1 aromatic heterocycles. The van der Waals surface area contributed by atoms with Crippen LogP contribution in [0.25, 0.3) is 0 Å². The molecule has 2 N–H and O–H groups in total. The molecule has 0 atom stereocenters. The second kappa shape index (κ2) is 6.98. The van der Waals surface area contributed by atoms with E-state index in [4.69, 9.17) is 4.74 Å². The molecule has 6 heteroatoms. The molecule has 1 aromatic rings. The van der Waals surface area contributed by atoms with Gasteiger partial charge in [-0.2, -0.15) is 0 Å². The van der Waals surface area contributed by atoms with E-state index in [9.17, 15) is 4.79 Å². The first-order chi connectivity index (χ1) is 10.3. The number of pyridine rings is 1. The van der Waals surface area contributed by atoms with Gasteiger partial charge in [-0.05, 0) is 25.0 Å². The molecule has 21 heavy (non-hydrogen) atoms. The molecule has 2 aliphatic heterocycles. The fourth-order valence-corrected chi connectivity index (χ4v) is 2.83. The molecule has 2 aliphatic rings. The van der Waals surface area contributed by atoms with Crippen LogP contribution in [0.5, 0.6) is 0 Å². The molecule has 0 aliphatic carbocycles. The first-order valence-electron chi connectivity index (χ1n) is 7.59. The number of nitrogens with zero attached hydrogens (tertiary/aromatic N) is 2. The Morgan fingerprint density at radius 1 is 1.29 bits per heavy atom. The summed E-state index contributed by atoms with van der Waals surface area (Å²) < 4.78 is 5.90. The Morgan fingerprint density at radius 3 is 2.71 bits per heavy atom. The summed E-state index contributed by atoms with van der Waals surface area (Å²) in [5.41, 5.74) is 6.98. The Labute approximate surface area is 124 Å². The SMILES string of the molecule is O=C(C1CNNC1)N1CCC(OCc2ccccn2)CC1. The van der Waals surface area contributed by atoms with Crippen LogP contribution in [0.15, 0.2) is 24.4 Å². The second-order valence-electron chi connectivity index (χ2n) is 5.62. The number of hydrazine groups is 1. The van der Waals surface area contributed by atoms with Crippen molar-refractivity contribution >= 4 is 5.91 Å². The molecule has 0 bridgehead atoms. The summed E-state index contributed by atoms with van der Waals surface area (Å²) in [6.45, 7) is 3.60. The maximum Gasteiger partial charge on any atom is 0.228 e. The van der Waals surface area contributed by atoms with Crippen LogP contribution in [0.4, 0.5) is 0 Å². The van der Waals surface area contributed by atoms with Crippen molar-refractivity contribution < 1.29 is 9.53 Å². The van der Waals surface area contributed by atoms with Gasteiger partial charge in [0.25, 0.3) is 0 Å². The number of carbonyl (C=O) groups is 1. The quantitative estimate of drug-likeness (QED) is 0.835. The Balaban J connectivity index is 1.41. The van der Waals surface area contributed by atoms with E-state index in [2.05, 4.69) is 15.8 Å². The van der Waals surface area contributed by atoms with E-state index < -0.39 is 0 Å². The van der Waals surface area contributed by atoms with Crippen molar-refractivity contribution in [2.24, 2.45) is 5.92 Å². The first-order valence-corrected chi connectivity index (χ1v) is 7.59. The third-order valence-corrected chi connectivity index (χ3v) is 4.12. The van der Waals surface area contributed by atoms with Crippen LogP contribution in [0.2, 0.25) is 0 Å². The summed E-state index contributed by atoms with van der Waals surface area (Å²) in [7, 11) is 0. The van der Waals surface area contributed by atoms with Gasteiger partial charge in [0.05, 0.1) is 24.3 Å². The van der Waals surface area contributed by atoms with Gasteiger partial charge in [0, 0.05) is 32.4 Å². The molecule has 114 valence electrons. The highest BCUT2D eigenvalue weighted by molar-refractivity contribution is 5.79. The largest absolute Gasteiger partial charge is 0.372 e. The van der Waals surface area contributed by atoms with Gasteiger partial charge in [-0.15, -0.1) is 0 Å². The van der Waals surface area contributed by atoms with Gasteiger partial charge in [-0.25, -0.2) is 0 Å². The zero-order valence-electron chi connectivity index (χ0n) is 12.1. The zero-order valence-corrected chi connectivity index (χ0v) is 12.1. The van der Waals surface area contributed by atoms with Gasteiger partial charge in [0.2, 0.25) is 5.91 Å². The highest BCUT2D eigenvalue weighted by Crippen LogP contribution is 2.17. The van der Waals surface area contributed by atoms with Crippen molar-refractivity contribution in [2.45, 2.75) is 25.6 Å². The topological polar surface area (TPSA) is 66.5 Å². The first kappa shape index (κ1) is 14.4. The number of amides is 1. The van der Waals surface area contributed by atoms with E-state index in [0.717, 1.165) is 44.7 Å². The minimum absolute atomic E-state index is 0.0796. The van der Waals surface area contributed by atoms with Crippen molar-refractivity contribution in [3.05, 3.63) is 30.1 Å². The third-order valence-electron chi connectivity index (χ3n) is 4.12. The van der Waals surface area contributed by atoms with Crippen LogP contribution in [0.1, 0.15) is 18.5 Å². The van der Waals surface area contributed by atoms with Crippen LogP contribution in [-0.2, 0) is 16.1 Å². The molecule has 0 aromatic carbocycles. The summed E-state index contributed by atoms with van der Waals surface area (Å²) in [5.74, 6) is 0.340. The van der Waals surface area contributed by atoms with Crippen LogP contribution in [0.3, 0.4) is 0 Å². The minimum Gasteiger partial charge on any atom is -0.372 e. The molecular weight excluding hydrogens is 268 g/mol. The van der Waals surface area contributed by atoms with Crippen molar-refractivity contribution in [3.8, 4) is 0 Å². The lowest BCUT2D eigenvalue weighted by molar-refractivity contribution is -0.137. The average Bonchev–Trinajstić information content (AvgIpc) is 3.08.